The van der Waals surface area contributed by atoms with Crippen molar-refractivity contribution < 1.29 is 14.3 Å². The summed E-state index contributed by atoms with van der Waals surface area (Å²) in [5.41, 5.74) is 0.461. The van der Waals surface area contributed by atoms with Crippen molar-refractivity contribution in [2.45, 2.75) is 46.1 Å². The standard InChI is InChI=1S/C23H27N5O3S/c1-14-26-27-21(32-14)16-5-6-17-13-24-19(12-18(17)11-16)25-20(29)15-7-9-28(10-8-15)22(30)31-23(2,3)4/h5-6,11-13,15H,7-10H2,1-4H3,(H,24,25,29). The molecule has 0 aliphatic carbocycles. The number of carbonyl (C=O) groups excluding carboxylic acids is 2. The molecule has 0 atom stereocenters. The minimum absolute atomic E-state index is 0.0726. The van der Waals surface area contributed by atoms with Gasteiger partial charge in [-0.25, -0.2) is 9.78 Å². The molecule has 0 saturated carbocycles. The number of hydrogen-bond acceptors (Lipinski definition) is 7. The molecule has 0 unspecified atom stereocenters. The van der Waals surface area contributed by atoms with Gasteiger partial charge in [-0.3, -0.25) is 4.79 Å². The van der Waals surface area contributed by atoms with Crippen molar-refractivity contribution in [3.63, 3.8) is 0 Å². The number of ether oxygens (including phenoxy) is 1. The summed E-state index contributed by atoms with van der Waals surface area (Å²) in [5.74, 6) is 0.279. The zero-order valence-electron chi connectivity index (χ0n) is 18.7. The van der Waals surface area contributed by atoms with Crippen LogP contribution in [-0.4, -0.2) is 50.8 Å². The highest BCUT2D eigenvalue weighted by Crippen LogP contribution is 2.28. The Balaban J connectivity index is 1.40. The van der Waals surface area contributed by atoms with Crippen molar-refractivity contribution in [2.24, 2.45) is 5.92 Å². The molecular weight excluding hydrogens is 426 g/mol. The topological polar surface area (TPSA) is 97.3 Å². The van der Waals surface area contributed by atoms with Crippen molar-refractivity contribution in [2.75, 3.05) is 18.4 Å². The number of piperidine rings is 1. The third-order valence-corrected chi connectivity index (χ3v) is 6.15. The maximum absolute atomic E-state index is 12.8. The van der Waals surface area contributed by atoms with E-state index in [9.17, 15) is 9.59 Å². The monoisotopic (exact) mass is 453 g/mol. The van der Waals surface area contributed by atoms with Gasteiger partial charge in [0.1, 0.15) is 21.4 Å². The van der Waals surface area contributed by atoms with Crippen LogP contribution in [0.4, 0.5) is 10.6 Å². The molecule has 1 fully saturated rings. The van der Waals surface area contributed by atoms with Crippen LogP contribution in [0, 0.1) is 12.8 Å². The van der Waals surface area contributed by atoms with Gasteiger partial charge in [-0.15, -0.1) is 10.2 Å². The Hall–Kier alpha value is -3.07. The van der Waals surface area contributed by atoms with E-state index in [-0.39, 0.29) is 17.9 Å². The molecule has 4 rings (SSSR count). The zero-order valence-corrected chi connectivity index (χ0v) is 19.5. The van der Waals surface area contributed by atoms with Crippen LogP contribution in [0.25, 0.3) is 21.3 Å². The molecule has 9 heteroatoms. The Morgan fingerprint density at radius 3 is 2.53 bits per heavy atom. The number of nitrogens with zero attached hydrogens (tertiary/aromatic N) is 4. The van der Waals surface area contributed by atoms with Gasteiger partial charge in [-0.1, -0.05) is 23.5 Å². The first-order valence-electron chi connectivity index (χ1n) is 10.7. The molecule has 3 heterocycles. The number of benzene rings is 1. The van der Waals surface area contributed by atoms with E-state index >= 15 is 0 Å². The number of nitrogens with one attached hydrogen (secondary N) is 1. The fourth-order valence-corrected chi connectivity index (χ4v) is 4.32. The lowest BCUT2D eigenvalue weighted by Gasteiger charge is -2.32. The van der Waals surface area contributed by atoms with Gasteiger partial charge in [0.25, 0.3) is 0 Å². The summed E-state index contributed by atoms with van der Waals surface area (Å²) in [6.45, 7) is 8.47. The molecule has 0 spiro atoms. The van der Waals surface area contributed by atoms with Crippen molar-refractivity contribution in [1.82, 2.24) is 20.1 Å². The van der Waals surface area contributed by atoms with E-state index in [0.29, 0.717) is 31.7 Å². The lowest BCUT2D eigenvalue weighted by atomic mass is 9.96. The second kappa shape index (κ2) is 8.82. The number of pyridine rings is 1. The summed E-state index contributed by atoms with van der Waals surface area (Å²) >= 11 is 1.54. The predicted octanol–water partition coefficient (Wildman–Crippen LogP) is 4.65. The third kappa shape index (κ3) is 5.21. The molecule has 1 aliphatic rings. The summed E-state index contributed by atoms with van der Waals surface area (Å²) in [5, 5.41) is 15.0. The Bertz CT molecular complexity index is 1150. The van der Waals surface area contributed by atoms with Crippen LogP contribution >= 0.6 is 11.3 Å². The van der Waals surface area contributed by atoms with Crippen molar-refractivity contribution in [3.05, 3.63) is 35.5 Å². The molecule has 1 N–H and O–H groups in total. The molecule has 8 nitrogen and oxygen atoms in total. The minimum atomic E-state index is -0.526. The lowest BCUT2D eigenvalue weighted by Crippen LogP contribution is -2.43. The fourth-order valence-electron chi connectivity index (χ4n) is 3.63. The van der Waals surface area contributed by atoms with Gasteiger partial charge < -0.3 is 15.0 Å². The molecule has 0 radical (unpaired) electrons. The van der Waals surface area contributed by atoms with Crippen molar-refractivity contribution in [3.8, 4) is 10.6 Å². The summed E-state index contributed by atoms with van der Waals surface area (Å²) in [4.78, 5) is 31.1. The number of amides is 2. The maximum atomic E-state index is 12.8. The number of rotatable bonds is 3. The van der Waals surface area contributed by atoms with E-state index in [2.05, 4.69) is 20.5 Å². The lowest BCUT2D eigenvalue weighted by molar-refractivity contribution is -0.121. The summed E-state index contributed by atoms with van der Waals surface area (Å²) in [6, 6.07) is 7.90. The summed E-state index contributed by atoms with van der Waals surface area (Å²) < 4.78 is 5.42. The molecule has 32 heavy (non-hydrogen) atoms. The molecule has 1 aromatic carbocycles. The van der Waals surface area contributed by atoms with Crippen molar-refractivity contribution >= 4 is 39.9 Å². The number of aromatic nitrogens is 3. The molecule has 3 aromatic rings. The molecule has 1 aliphatic heterocycles. The molecule has 0 bridgehead atoms. The second-order valence-corrected chi connectivity index (χ2v) is 10.2. The van der Waals surface area contributed by atoms with Crippen LogP contribution in [0.5, 0.6) is 0 Å². The SMILES string of the molecule is Cc1nnc(-c2ccc3cnc(NC(=O)C4CCN(C(=O)OC(C)(C)C)CC4)cc3c2)s1. The summed E-state index contributed by atoms with van der Waals surface area (Å²) in [6.07, 6.45) is 2.62. The van der Waals surface area contributed by atoms with Gasteiger partial charge in [0.2, 0.25) is 5.91 Å². The first kappa shape index (κ1) is 22.1. The normalized spacial score (nSPS) is 15.1. The van der Waals surface area contributed by atoms with Crippen LogP contribution in [-0.2, 0) is 9.53 Å². The predicted molar refractivity (Wildman–Crippen MR) is 125 cm³/mol. The number of carbonyl (C=O) groups is 2. The Morgan fingerprint density at radius 2 is 1.88 bits per heavy atom. The number of aryl methyl sites for hydroxylation is 1. The number of fused-ring (bicyclic) bond motifs is 1. The van der Waals surface area contributed by atoms with E-state index in [1.54, 1.807) is 22.4 Å². The van der Waals surface area contributed by atoms with Crippen molar-refractivity contribution in [1.29, 1.82) is 0 Å². The molecule has 2 aromatic heterocycles. The molecule has 1 saturated heterocycles. The summed E-state index contributed by atoms with van der Waals surface area (Å²) in [7, 11) is 0. The van der Waals surface area contributed by atoms with E-state index in [1.165, 1.54) is 0 Å². The second-order valence-electron chi connectivity index (χ2n) is 8.99. The van der Waals surface area contributed by atoms with E-state index < -0.39 is 5.60 Å². The average Bonchev–Trinajstić information content (AvgIpc) is 3.18. The first-order valence-corrected chi connectivity index (χ1v) is 11.5. The van der Waals surface area contributed by atoms with Gasteiger partial charge in [0, 0.05) is 36.2 Å². The highest BCUT2D eigenvalue weighted by atomic mass is 32.1. The number of anilines is 1. The van der Waals surface area contributed by atoms with Gasteiger partial charge in [-0.2, -0.15) is 0 Å². The largest absolute Gasteiger partial charge is 0.444 e. The van der Waals surface area contributed by atoms with E-state index in [1.807, 2.05) is 52.0 Å². The number of hydrogen-bond donors (Lipinski definition) is 1. The first-order chi connectivity index (χ1) is 15.2. The Labute approximate surface area is 191 Å². The van der Waals surface area contributed by atoms with Gasteiger partial charge in [-0.05, 0) is 58.1 Å². The smallest absolute Gasteiger partial charge is 0.410 e. The van der Waals surface area contributed by atoms with Crippen LogP contribution < -0.4 is 5.32 Å². The maximum Gasteiger partial charge on any atom is 0.410 e. The van der Waals surface area contributed by atoms with Crippen LogP contribution in [0.3, 0.4) is 0 Å². The molecular formula is C23H27N5O3S. The Kier molecular flexibility index (Phi) is 6.10. The van der Waals surface area contributed by atoms with Crippen LogP contribution in [0.2, 0.25) is 0 Å². The van der Waals surface area contributed by atoms with Gasteiger partial charge >= 0.3 is 6.09 Å². The highest BCUT2D eigenvalue weighted by molar-refractivity contribution is 7.14. The third-order valence-electron chi connectivity index (χ3n) is 5.26. The highest BCUT2D eigenvalue weighted by Gasteiger charge is 2.30. The quantitative estimate of drug-likeness (QED) is 0.620. The molecule has 168 valence electrons. The number of likely N-dealkylation sites (tertiary alicyclic amines) is 1. The fraction of sp³-hybridized carbons (Fsp3) is 0.435. The minimum Gasteiger partial charge on any atom is -0.444 e. The molecule has 2 amide bonds. The van der Waals surface area contributed by atoms with Gasteiger partial charge in [0.05, 0.1) is 0 Å². The van der Waals surface area contributed by atoms with Gasteiger partial charge in [0.15, 0.2) is 0 Å². The van der Waals surface area contributed by atoms with Crippen LogP contribution in [0.15, 0.2) is 30.5 Å². The zero-order chi connectivity index (χ0) is 22.9. The van der Waals surface area contributed by atoms with E-state index in [4.69, 9.17) is 4.74 Å². The average molecular weight is 454 g/mol. The van der Waals surface area contributed by atoms with Crippen LogP contribution in [0.1, 0.15) is 38.6 Å². The van der Waals surface area contributed by atoms with E-state index in [0.717, 1.165) is 26.4 Å². The Morgan fingerprint density at radius 1 is 1.12 bits per heavy atom.